The van der Waals surface area contributed by atoms with Crippen LogP contribution in [0.4, 0.5) is 10.1 Å². The minimum atomic E-state index is -0.587. The summed E-state index contributed by atoms with van der Waals surface area (Å²) in [7, 11) is 0. The number of halogens is 2. The van der Waals surface area contributed by atoms with E-state index in [0.717, 1.165) is 5.56 Å². The summed E-state index contributed by atoms with van der Waals surface area (Å²) in [5.74, 6) is -1.32. The molecule has 3 nitrogen and oxygen atoms in total. The van der Waals surface area contributed by atoms with E-state index in [2.05, 4.69) is 5.32 Å². The summed E-state index contributed by atoms with van der Waals surface area (Å²) >= 11 is 5.65. The molecule has 0 unspecified atom stereocenters. The molecule has 0 aliphatic carbocycles. The Morgan fingerprint density at radius 3 is 2.63 bits per heavy atom. The maximum atomic E-state index is 13.6. The monoisotopic (exact) mass is 279 g/mol. The SMILES string of the molecule is Cc1ccc(C(=O)Nc2ccc(Cl)c(O)c2)c(F)c1. The molecule has 0 atom stereocenters. The molecule has 1 amide bonds. The number of phenols is 1. The second-order valence-corrected chi connectivity index (χ2v) is 4.51. The van der Waals surface area contributed by atoms with Crippen LogP contribution in [-0.2, 0) is 0 Å². The summed E-state index contributed by atoms with van der Waals surface area (Å²) in [5, 5.41) is 12.1. The van der Waals surface area contributed by atoms with Crippen molar-refractivity contribution in [2.75, 3.05) is 5.32 Å². The maximum absolute atomic E-state index is 13.6. The third-order valence-electron chi connectivity index (χ3n) is 2.57. The molecule has 2 aromatic carbocycles. The van der Waals surface area contributed by atoms with Gasteiger partial charge in [0.1, 0.15) is 11.6 Å². The average Bonchev–Trinajstić information content (AvgIpc) is 2.33. The number of carbonyl (C=O) groups excluding carboxylic acids is 1. The van der Waals surface area contributed by atoms with E-state index in [-0.39, 0.29) is 16.3 Å². The van der Waals surface area contributed by atoms with Crippen LogP contribution in [0.1, 0.15) is 15.9 Å². The van der Waals surface area contributed by atoms with Crippen molar-refractivity contribution >= 4 is 23.2 Å². The molecule has 0 aliphatic rings. The van der Waals surface area contributed by atoms with Gasteiger partial charge in [-0.15, -0.1) is 0 Å². The van der Waals surface area contributed by atoms with E-state index in [1.165, 1.54) is 30.3 Å². The van der Waals surface area contributed by atoms with Crippen molar-refractivity contribution in [3.8, 4) is 5.75 Å². The molecule has 2 N–H and O–H groups in total. The Kier molecular flexibility index (Phi) is 3.71. The smallest absolute Gasteiger partial charge is 0.258 e. The molecule has 0 aliphatic heterocycles. The number of aryl methyl sites for hydroxylation is 1. The number of rotatable bonds is 2. The van der Waals surface area contributed by atoms with Crippen molar-refractivity contribution in [1.82, 2.24) is 0 Å². The van der Waals surface area contributed by atoms with E-state index in [0.29, 0.717) is 5.69 Å². The number of hydrogen-bond acceptors (Lipinski definition) is 2. The van der Waals surface area contributed by atoms with Crippen LogP contribution in [-0.4, -0.2) is 11.0 Å². The van der Waals surface area contributed by atoms with E-state index < -0.39 is 11.7 Å². The van der Waals surface area contributed by atoms with Gasteiger partial charge in [0.15, 0.2) is 0 Å². The first kappa shape index (κ1) is 13.4. The largest absolute Gasteiger partial charge is 0.506 e. The van der Waals surface area contributed by atoms with Crippen LogP contribution in [0.25, 0.3) is 0 Å². The first-order valence-electron chi connectivity index (χ1n) is 5.53. The van der Waals surface area contributed by atoms with Gasteiger partial charge in [0.25, 0.3) is 5.91 Å². The summed E-state index contributed by atoms with van der Waals surface area (Å²) in [4.78, 5) is 11.9. The van der Waals surface area contributed by atoms with Crippen LogP contribution < -0.4 is 5.32 Å². The minimum Gasteiger partial charge on any atom is -0.506 e. The molecule has 5 heteroatoms. The number of amides is 1. The summed E-state index contributed by atoms with van der Waals surface area (Å²) in [5.41, 5.74) is 1.02. The average molecular weight is 280 g/mol. The van der Waals surface area contributed by atoms with Gasteiger partial charge in [-0.3, -0.25) is 4.79 Å². The fourth-order valence-corrected chi connectivity index (χ4v) is 1.71. The number of benzene rings is 2. The zero-order valence-electron chi connectivity index (χ0n) is 10.1. The Morgan fingerprint density at radius 1 is 1.26 bits per heavy atom. The molecular formula is C14H11ClFNO2. The molecule has 0 fully saturated rings. The zero-order chi connectivity index (χ0) is 14.0. The first-order chi connectivity index (χ1) is 8.97. The van der Waals surface area contributed by atoms with Crippen molar-refractivity contribution < 1.29 is 14.3 Å². The second-order valence-electron chi connectivity index (χ2n) is 4.10. The van der Waals surface area contributed by atoms with Gasteiger partial charge in [0.2, 0.25) is 0 Å². The van der Waals surface area contributed by atoms with Gasteiger partial charge in [-0.1, -0.05) is 17.7 Å². The van der Waals surface area contributed by atoms with Crippen molar-refractivity contribution in [3.05, 3.63) is 58.4 Å². The van der Waals surface area contributed by atoms with Crippen LogP contribution in [0.5, 0.6) is 5.75 Å². The summed E-state index contributed by atoms with van der Waals surface area (Å²) in [6.07, 6.45) is 0. The topological polar surface area (TPSA) is 49.3 Å². The third-order valence-corrected chi connectivity index (χ3v) is 2.89. The lowest BCUT2D eigenvalue weighted by atomic mass is 10.1. The molecule has 0 bridgehead atoms. The minimum absolute atomic E-state index is 0.0555. The van der Waals surface area contributed by atoms with Gasteiger partial charge in [0.05, 0.1) is 10.6 Å². The van der Waals surface area contributed by atoms with Crippen LogP contribution in [0.15, 0.2) is 36.4 Å². The molecule has 0 saturated carbocycles. The van der Waals surface area contributed by atoms with Gasteiger partial charge in [-0.05, 0) is 36.8 Å². The first-order valence-corrected chi connectivity index (χ1v) is 5.91. The van der Waals surface area contributed by atoms with Gasteiger partial charge in [0, 0.05) is 11.8 Å². The molecule has 19 heavy (non-hydrogen) atoms. The lowest BCUT2D eigenvalue weighted by Crippen LogP contribution is -2.13. The summed E-state index contributed by atoms with van der Waals surface area (Å²) < 4.78 is 13.6. The van der Waals surface area contributed by atoms with E-state index >= 15 is 0 Å². The fourth-order valence-electron chi connectivity index (χ4n) is 1.59. The second kappa shape index (κ2) is 5.28. The van der Waals surface area contributed by atoms with Crippen LogP contribution in [0, 0.1) is 12.7 Å². The Hall–Kier alpha value is -2.07. The van der Waals surface area contributed by atoms with E-state index in [9.17, 15) is 14.3 Å². The summed E-state index contributed by atoms with van der Waals surface area (Å²) in [6, 6.07) is 8.61. The third kappa shape index (κ3) is 3.03. The molecule has 0 heterocycles. The predicted molar refractivity (Wildman–Crippen MR) is 72.2 cm³/mol. The van der Waals surface area contributed by atoms with Crippen LogP contribution in [0.2, 0.25) is 5.02 Å². The summed E-state index contributed by atoms with van der Waals surface area (Å²) in [6.45, 7) is 1.74. The molecule has 98 valence electrons. The highest BCUT2D eigenvalue weighted by atomic mass is 35.5. The number of nitrogens with one attached hydrogen (secondary N) is 1. The van der Waals surface area contributed by atoms with Crippen LogP contribution >= 0.6 is 11.6 Å². The van der Waals surface area contributed by atoms with E-state index in [1.54, 1.807) is 13.0 Å². The number of aromatic hydroxyl groups is 1. The van der Waals surface area contributed by atoms with Crippen molar-refractivity contribution in [2.45, 2.75) is 6.92 Å². The zero-order valence-corrected chi connectivity index (χ0v) is 10.8. The van der Waals surface area contributed by atoms with Crippen molar-refractivity contribution in [1.29, 1.82) is 0 Å². The number of phenolic OH excluding ortho intramolecular Hbond substituents is 1. The molecular weight excluding hydrogens is 269 g/mol. The van der Waals surface area contributed by atoms with Gasteiger partial charge in [-0.2, -0.15) is 0 Å². The number of carbonyl (C=O) groups is 1. The molecule has 2 aromatic rings. The Balaban J connectivity index is 2.23. The molecule has 0 saturated heterocycles. The van der Waals surface area contributed by atoms with E-state index in [4.69, 9.17) is 11.6 Å². The Labute approximate surface area is 114 Å². The lowest BCUT2D eigenvalue weighted by Gasteiger charge is -2.07. The quantitative estimate of drug-likeness (QED) is 0.880. The molecule has 0 spiro atoms. The standard InChI is InChI=1S/C14H11ClFNO2/c1-8-2-4-10(12(16)6-8)14(19)17-9-3-5-11(15)13(18)7-9/h2-7,18H,1H3,(H,17,19). The van der Waals surface area contributed by atoms with Crippen molar-refractivity contribution in [2.24, 2.45) is 0 Å². The lowest BCUT2D eigenvalue weighted by molar-refractivity contribution is 0.102. The normalized spacial score (nSPS) is 10.3. The molecule has 2 rings (SSSR count). The van der Waals surface area contributed by atoms with Crippen molar-refractivity contribution in [3.63, 3.8) is 0 Å². The highest BCUT2D eigenvalue weighted by Gasteiger charge is 2.12. The van der Waals surface area contributed by atoms with Gasteiger partial charge >= 0.3 is 0 Å². The maximum Gasteiger partial charge on any atom is 0.258 e. The molecule has 0 aromatic heterocycles. The molecule has 0 radical (unpaired) electrons. The van der Waals surface area contributed by atoms with Crippen LogP contribution in [0.3, 0.4) is 0 Å². The highest BCUT2D eigenvalue weighted by molar-refractivity contribution is 6.32. The van der Waals surface area contributed by atoms with Gasteiger partial charge < -0.3 is 10.4 Å². The van der Waals surface area contributed by atoms with E-state index in [1.807, 2.05) is 0 Å². The van der Waals surface area contributed by atoms with Gasteiger partial charge in [-0.25, -0.2) is 4.39 Å². The number of hydrogen-bond donors (Lipinski definition) is 2. The predicted octanol–water partition coefficient (Wildman–Crippen LogP) is 3.75. The number of anilines is 1. The highest BCUT2D eigenvalue weighted by Crippen LogP contribution is 2.26. The Bertz CT molecular complexity index is 643. The fraction of sp³-hybridized carbons (Fsp3) is 0.0714. The Morgan fingerprint density at radius 2 is 2.00 bits per heavy atom.